The van der Waals surface area contributed by atoms with E-state index in [1.165, 1.54) is 11.0 Å². The fraction of sp³-hybridized carbons (Fsp3) is 0.250. The third kappa shape index (κ3) is 4.34. The molecule has 33 heavy (non-hydrogen) atoms. The lowest BCUT2D eigenvalue weighted by molar-refractivity contribution is 0.228. The number of hydrogen-bond acceptors (Lipinski definition) is 5. The van der Waals surface area contributed by atoms with Crippen LogP contribution in [-0.4, -0.2) is 39.5 Å². The summed E-state index contributed by atoms with van der Waals surface area (Å²) in [5.74, 6) is 0. The third-order valence-electron chi connectivity index (χ3n) is 5.65. The molecule has 0 saturated carbocycles. The normalized spacial score (nSPS) is 12.8. The second-order valence-electron chi connectivity index (χ2n) is 8.02. The molecular formula is C24H25ClN4O3S. The topological polar surface area (TPSA) is 90.0 Å². The van der Waals surface area contributed by atoms with E-state index < -0.39 is 15.9 Å². The van der Waals surface area contributed by atoms with Crippen molar-refractivity contribution in [3.63, 3.8) is 0 Å². The highest BCUT2D eigenvalue weighted by Crippen LogP contribution is 2.38. The van der Waals surface area contributed by atoms with Crippen LogP contribution in [0.1, 0.15) is 22.9 Å². The van der Waals surface area contributed by atoms with Crippen LogP contribution in [0.5, 0.6) is 0 Å². The Balaban J connectivity index is 1.93. The van der Waals surface area contributed by atoms with E-state index in [1.54, 1.807) is 42.8 Å². The Bertz CT molecular complexity index is 1380. The molecule has 0 aliphatic heterocycles. The molecule has 0 radical (unpaired) electrons. The van der Waals surface area contributed by atoms with Gasteiger partial charge in [-0.2, -0.15) is 5.10 Å². The van der Waals surface area contributed by atoms with Crippen molar-refractivity contribution in [3.8, 4) is 11.3 Å². The molecule has 1 N–H and O–H groups in total. The SMILES string of the molecule is Cc1ccc(S(=O)(=O)c2ncn([C@H](CO)Cc3ccccc3)c2-c2c(C)nn(C)c2Cl)cc1. The van der Waals surface area contributed by atoms with Gasteiger partial charge in [0.1, 0.15) is 5.15 Å². The predicted octanol–water partition coefficient (Wildman–Crippen LogP) is 4.16. The highest BCUT2D eigenvalue weighted by atomic mass is 35.5. The molecule has 7 nitrogen and oxygen atoms in total. The fourth-order valence-corrected chi connectivity index (χ4v) is 5.55. The van der Waals surface area contributed by atoms with Gasteiger partial charge in [-0.15, -0.1) is 0 Å². The summed E-state index contributed by atoms with van der Waals surface area (Å²) in [6, 6.07) is 15.9. The zero-order valence-electron chi connectivity index (χ0n) is 18.6. The largest absolute Gasteiger partial charge is 0.394 e. The molecule has 0 spiro atoms. The van der Waals surface area contributed by atoms with Gasteiger partial charge in [0.2, 0.25) is 9.84 Å². The van der Waals surface area contributed by atoms with E-state index >= 15 is 0 Å². The number of aromatic nitrogens is 4. The monoisotopic (exact) mass is 484 g/mol. The number of aryl methyl sites for hydroxylation is 3. The van der Waals surface area contributed by atoms with Gasteiger partial charge < -0.3 is 9.67 Å². The zero-order chi connectivity index (χ0) is 23.8. The lowest BCUT2D eigenvalue weighted by Crippen LogP contribution is -2.17. The highest BCUT2D eigenvalue weighted by molar-refractivity contribution is 7.91. The van der Waals surface area contributed by atoms with Gasteiger partial charge in [0.05, 0.1) is 40.8 Å². The molecule has 0 unspecified atom stereocenters. The van der Waals surface area contributed by atoms with E-state index in [2.05, 4.69) is 10.1 Å². The Morgan fingerprint density at radius 3 is 2.30 bits per heavy atom. The van der Waals surface area contributed by atoms with Gasteiger partial charge in [-0.25, -0.2) is 13.4 Å². The Hall–Kier alpha value is -2.94. The number of aliphatic hydroxyl groups is 1. The average molecular weight is 485 g/mol. The summed E-state index contributed by atoms with van der Waals surface area (Å²) in [7, 11) is -2.27. The first-order valence-corrected chi connectivity index (χ1v) is 12.3. The maximum Gasteiger partial charge on any atom is 0.226 e. The standard InChI is InChI=1S/C24H25ClN4O3S/c1-16-9-11-20(12-10-16)33(31,32)24-22(21-17(2)27-28(3)23(21)25)29(15-26-24)19(14-30)13-18-7-5-4-6-8-18/h4-12,15,19,30H,13-14H2,1-3H3/t19-/m0/s1. The second-order valence-corrected chi connectivity index (χ2v) is 10.2. The Morgan fingerprint density at radius 1 is 1.06 bits per heavy atom. The number of halogens is 1. The lowest BCUT2D eigenvalue weighted by Gasteiger charge is -2.20. The number of rotatable bonds is 7. The fourth-order valence-electron chi connectivity index (χ4n) is 3.92. The van der Waals surface area contributed by atoms with Crippen LogP contribution in [0.4, 0.5) is 0 Å². The van der Waals surface area contributed by atoms with E-state index in [9.17, 15) is 13.5 Å². The van der Waals surface area contributed by atoms with Crippen molar-refractivity contribution in [2.75, 3.05) is 6.61 Å². The number of aliphatic hydroxyl groups excluding tert-OH is 1. The first kappa shape index (κ1) is 23.2. The van der Waals surface area contributed by atoms with E-state index in [-0.39, 0.29) is 16.5 Å². The predicted molar refractivity (Wildman–Crippen MR) is 127 cm³/mol. The van der Waals surface area contributed by atoms with Gasteiger partial charge in [0.25, 0.3) is 0 Å². The molecule has 0 aliphatic carbocycles. The molecule has 0 saturated heterocycles. The van der Waals surface area contributed by atoms with Crippen molar-refractivity contribution in [2.24, 2.45) is 7.05 Å². The van der Waals surface area contributed by atoms with Crippen molar-refractivity contribution in [3.05, 3.63) is 82.9 Å². The van der Waals surface area contributed by atoms with Crippen LogP contribution >= 0.6 is 11.6 Å². The molecule has 0 amide bonds. The summed E-state index contributed by atoms with van der Waals surface area (Å²) in [5, 5.41) is 14.8. The molecule has 9 heteroatoms. The summed E-state index contributed by atoms with van der Waals surface area (Å²) in [6.45, 7) is 3.45. The zero-order valence-corrected chi connectivity index (χ0v) is 20.2. The van der Waals surface area contributed by atoms with Crippen molar-refractivity contribution in [1.29, 1.82) is 0 Å². The van der Waals surface area contributed by atoms with Crippen LogP contribution in [0.15, 0.2) is 70.8 Å². The van der Waals surface area contributed by atoms with Crippen molar-refractivity contribution < 1.29 is 13.5 Å². The van der Waals surface area contributed by atoms with Crippen molar-refractivity contribution in [1.82, 2.24) is 19.3 Å². The van der Waals surface area contributed by atoms with Gasteiger partial charge in [0.15, 0.2) is 5.03 Å². The number of hydrogen-bond donors (Lipinski definition) is 1. The summed E-state index contributed by atoms with van der Waals surface area (Å²) in [4.78, 5) is 4.47. The van der Waals surface area contributed by atoms with Gasteiger partial charge in [-0.3, -0.25) is 4.68 Å². The molecule has 2 heterocycles. The minimum atomic E-state index is -3.96. The molecular weight excluding hydrogens is 460 g/mol. The van der Waals surface area contributed by atoms with Crippen LogP contribution in [0.2, 0.25) is 5.15 Å². The third-order valence-corrected chi connectivity index (χ3v) is 7.79. The second kappa shape index (κ2) is 9.13. The molecule has 1 atom stereocenters. The summed E-state index contributed by atoms with van der Waals surface area (Å²) < 4.78 is 30.5. The van der Waals surface area contributed by atoms with E-state index in [0.717, 1.165) is 11.1 Å². The molecule has 2 aromatic carbocycles. The Labute approximate surface area is 198 Å². The summed E-state index contributed by atoms with van der Waals surface area (Å²) in [6.07, 6.45) is 1.95. The van der Waals surface area contributed by atoms with Crippen molar-refractivity contribution in [2.45, 2.75) is 36.2 Å². The van der Waals surface area contributed by atoms with Gasteiger partial charge in [-0.05, 0) is 38.0 Å². The summed E-state index contributed by atoms with van der Waals surface area (Å²) >= 11 is 6.58. The Morgan fingerprint density at radius 2 is 1.73 bits per heavy atom. The first-order valence-electron chi connectivity index (χ1n) is 10.5. The highest BCUT2D eigenvalue weighted by Gasteiger charge is 2.32. The number of sulfone groups is 1. The summed E-state index contributed by atoms with van der Waals surface area (Å²) in [5.41, 5.74) is 3.33. The Kier molecular flexibility index (Phi) is 6.43. The smallest absolute Gasteiger partial charge is 0.226 e. The first-order chi connectivity index (χ1) is 15.7. The maximum absolute atomic E-state index is 13.6. The lowest BCUT2D eigenvalue weighted by atomic mass is 10.1. The quantitative estimate of drug-likeness (QED) is 0.425. The van der Waals surface area contributed by atoms with Crippen LogP contribution in [0.25, 0.3) is 11.3 Å². The van der Waals surface area contributed by atoms with Crippen LogP contribution in [0.3, 0.4) is 0 Å². The van der Waals surface area contributed by atoms with E-state index in [4.69, 9.17) is 11.6 Å². The van der Waals surface area contributed by atoms with Crippen LogP contribution < -0.4 is 0 Å². The molecule has 0 bridgehead atoms. The number of benzene rings is 2. The molecule has 0 aliphatic rings. The van der Waals surface area contributed by atoms with Crippen LogP contribution in [0, 0.1) is 13.8 Å². The van der Waals surface area contributed by atoms with Gasteiger partial charge >= 0.3 is 0 Å². The van der Waals surface area contributed by atoms with E-state index in [0.29, 0.717) is 28.5 Å². The average Bonchev–Trinajstić information content (AvgIpc) is 3.33. The number of nitrogens with zero attached hydrogens (tertiary/aromatic N) is 4. The minimum absolute atomic E-state index is 0.115. The molecule has 2 aromatic heterocycles. The van der Waals surface area contributed by atoms with E-state index in [1.807, 2.05) is 37.3 Å². The van der Waals surface area contributed by atoms with Gasteiger partial charge in [-0.1, -0.05) is 59.6 Å². The number of imidazole rings is 1. The maximum atomic E-state index is 13.6. The minimum Gasteiger partial charge on any atom is -0.394 e. The molecule has 4 rings (SSSR count). The van der Waals surface area contributed by atoms with Crippen LogP contribution in [-0.2, 0) is 23.3 Å². The van der Waals surface area contributed by atoms with Gasteiger partial charge in [0, 0.05) is 7.05 Å². The molecule has 0 fully saturated rings. The molecule has 172 valence electrons. The molecule has 4 aromatic rings. The van der Waals surface area contributed by atoms with Crippen molar-refractivity contribution >= 4 is 21.4 Å².